The number of benzene rings is 1. The summed E-state index contributed by atoms with van der Waals surface area (Å²) in [6, 6.07) is 3.55. The maximum Gasteiger partial charge on any atom is 0.228 e. The Kier molecular flexibility index (Phi) is 8.06. The molecular formula is C25H37NO4. The zero-order valence-corrected chi connectivity index (χ0v) is 18.9. The van der Waals surface area contributed by atoms with Crippen LogP contribution in [0.1, 0.15) is 58.3 Å². The maximum absolute atomic E-state index is 13.5. The number of hydrogen-bond acceptors (Lipinski definition) is 4. The molecule has 1 fully saturated rings. The second kappa shape index (κ2) is 10.7. The fourth-order valence-electron chi connectivity index (χ4n) is 5.20. The van der Waals surface area contributed by atoms with Crippen LogP contribution in [-0.2, 0) is 4.79 Å². The Morgan fingerprint density at radius 1 is 0.933 bits per heavy atom. The van der Waals surface area contributed by atoms with Crippen LogP contribution < -0.4 is 19.5 Å². The first-order chi connectivity index (χ1) is 14.6. The average Bonchev–Trinajstić information content (AvgIpc) is 2.79. The number of ether oxygens (including phenoxy) is 3. The van der Waals surface area contributed by atoms with Crippen LogP contribution in [-0.4, -0.2) is 27.2 Å². The van der Waals surface area contributed by atoms with E-state index in [2.05, 4.69) is 24.4 Å². The van der Waals surface area contributed by atoms with Crippen molar-refractivity contribution in [2.75, 3.05) is 26.6 Å². The fourth-order valence-corrected chi connectivity index (χ4v) is 5.20. The number of allylic oxidation sites excluding steroid dienone is 2. The van der Waals surface area contributed by atoms with Gasteiger partial charge in [-0.1, -0.05) is 51.2 Å². The van der Waals surface area contributed by atoms with E-state index in [-0.39, 0.29) is 11.8 Å². The van der Waals surface area contributed by atoms with Crippen molar-refractivity contribution in [1.82, 2.24) is 0 Å². The summed E-state index contributed by atoms with van der Waals surface area (Å²) in [5.74, 6) is 3.09. The highest BCUT2D eigenvalue weighted by Gasteiger charge is 2.44. The van der Waals surface area contributed by atoms with Crippen LogP contribution in [0.5, 0.6) is 17.2 Å². The molecule has 0 heterocycles. The van der Waals surface area contributed by atoms with Crippen molar-refractivity contribution in [1.29, 1.82) is 0 Å². The molecule has 30 heavy (non-hydrogen) atoms. The minimum Gasteiger partial charge on any atom is -0.496 e. The normalized spacial score (nSPS) is 24.5. The van der Waals surface area contributed by atoms with Gasteiger partial charge in [-0.3, -0.25) is 4.79 Å². The molecular weight excluding hydrogens is 378 g/mol. The van der Waals surface area contributed by atoms with E-state index in [0.29, 0.717) is 40.7 Å². The van der Waals surface area contributed by atoms with Crippen molar-refractivity contribution < 1.29 is 19.0 Å². The zero-order valence-electron chi connectivity index (χ0n) is 18.9. The predicted molar refractivity (Wildman–Crippen MR) is 120 cm³/mol. The third kappa shape index (κ3) is 4.93. The van der Waals surface area contributed by atoms with E-state index in [1.54, 1.807) is 33.5 Å². The van der Waals surface area contributed by atoms with E-state index in [9.17, 15) is 4.79 Å². The highest BCUT2D eigenvalue weighted by molar-refractivity contribution is 5.96. The maximum atomic E-state index is 13.5. The molecule has 0 aromatic heterocycles. The Balaban J connectivity index is 1.76. The first kappa shape index (κ1) is 22.5. The summed E-state index contributed by atoms with van der Waals surface area (Å²) in [5, 5.41) is 3.15. The summed E-state index contributed by atoms with van der Waals surface area (Å²) >= 11 is 0. The van der Waals surface area contributed by atoms with Crippen LogP contribution in [0.3, 0.4) is 0 Å². The van der Waals surface area contributed by atoms with Gasteiger partial charge >= 0.3 is 0 Å². The van der Waals surface area contributed by atoms with E-state index in [0.717, 1.165) is 12.8 Å². The molecule has 1 amide bonds. The van der Waals surface area contributed by atoms with Gasteiger partial charge in [-0.15, -0.1) is 0 Å². The number of rotatable bonds is 11. The van der Waals surface area contributed by atoms with Crippen molar-refractivity contribution in [2.45, 2.75) is 58.3 Å². The number of fused-ring (bicyclic) bond motifs is 2. The van der Waals surface area contributed by atoms with Gasteiger partial charge in [0, 0.05) is 18.1 Å². The highest BCUT2D eigenvalue weighted by Crippen LogP contribution is 2.48. The molecule has 5 heteroatoms. The van der Waals surface area contributed by atoms with Gasteiger partial charge in [0.2, 0.25) is 5.91 Å². The summed E-state index contributed by atoms with van der Waals surface area (Å²) in [5.41, 5.74) is 0.581. The SMILES string of the molecule is CCCCCCCC1C2C=CC(CC2)C1C(=O)Nc1c(OC)cc(OC)cc1OC. The van der Waals surface area contributed by atoms with Gasteiger partial charge in [0.25, 0.3) is 0 Å². The van der Waals surface area contributed by atoms with E-state index in [4.69, 9.17) is 14.2 Å². The molecule has 3 aliphatic carbocycles. The lowest BCUT2D eigenvalue weighted by Crippen LogP contribution is -2.43. The summed E-state index contributed by atoms with van der Waals surface area (Å²) in [6.45, 7) is 2.24. The van der Waals surface area contributed by atoms with Gasteiger partial charge in [0.1, 0.15) is 22.9 Å². The van der Waals surface area contributed by atoms with E-state index in [1.165, 1.54) is 38.5 Å². The summed E-state index contributed by atoms with van der Waals surface area (Å²) in [6.07, 6.45) is 14.4. The summed E-state index contributed by atoms with van der Waals surface area (Å²) in [7, 11) is 4.78. The van der Waals surface area contributed by atoms with Crippen molar-refractivity contribution >= 4 is 11.6 Å². The molecule has 1 aromatic carbocycles. The third-order valence-corrected chi connectivity index (χ3v) is 6.82. The molecule has 166 valence electrons. The standard InChI is InChI=1S/C25H37NO4/c1-5-6-7-8-9-10-20-17-11-13-18(14-12-17)23(20)25(27)26-24-21(29-3)15-19(28-2)16-22(24)30-4/h11,13,15-18,20,23H,5-10,12,14H2,1-4H3,(H,26,27). The summed E-state index contributed by atoms with van der Waals surface area (Å²) < 4.78 is 16.4. The molecule has 3 aliphatic rings. The van der Waals surface area contributed by atoms with Gasteiger partial charge in [-0.05, 0) is 37.0 Å². The molecule has 2 bridgehead atoms. The Labute approximate surface area is 181 Å². The monoisotopic (exact) mass is 415 g/mol. The average molecular weight is 416 g/mol. The molecule has 4 unspecified atom stereocenters. The molecule has 4 atom stereocenters. The topological polar surface area (TPSA) is 56.8 Å². The lowest BCUT2D eigenvalue weighted by molar-refractivity contribution is -0.125. The number of carbonyl (C=O) groups is 1. The van der Waals surface area contributed by atoms with Gasteiger partial charge in [-0.2, -0.15) is 0 Å². The molecule has 0 spiro atoms. The second-order valence-electron chi connectivity index (χ2n) is 8.58. The number of amides is 1. The quantitative estimate of drug-likeness (QED) is 0.364. The van der Waals surface area contributed by atoms with Crippen LogP contribution in [0.15, 0.2) is 24.3 Å². The number of carbonyl (C=O) groups excluding carboxylic acids is 1. The lowest BCUT2D eigenvalue weighted by Gasteiger charge is -2.44. The predicted octanol–water partition coefficient (Wildman–Crippen LogP) is 5.84. The number of hydrogen-bond donors (Lipinski definition) is 1. The molecule has 5 nitrogen and oxygen atoms in total. The van der Waals surface area contributed by atoms with Gasteiger partial charge < -0.3 is 19.5 Å². The van der Waals surface area contributed by atoms with Crippen molar-refractivity contribution in [3.8, 4) is 17.2 Å². The Morgan fingerprint density at radius 3 is 2.13 bits per heavy atom. The molecule has 1 N–H and O–H groups in total. The third-order valence-electron chi connectivity index (χ3n) is 6.82. The fraction of sp³-hybridized carbons (Fsp3) is 0.640. The largest absolute Gasteiger partial charge is 0.496 e. The van der Waals surface area contributed by atoms with Gasteiger partial charge in [0.15, 0.2) is 0 Å². The number of unbranched alkanes of at least 4 members (excludes halogenated alkanes) is 4. The number of nitrogens with one attached hydrogen (secondary N) is 1. The van der Waals surface area contributed by atoms with Crippen LogP contribution in [0, 0.1) is 23.7 Å². The zero-order chi connectivity index (χ0) is 21.5. The van der Waals surface area contributed by atoms with Gasteiger partial charge in [-0.25, -0.2) is 0 Å². The van der Waals surface area contributed by atoms with Crippen LogP contribution >= 0.6 is 0 Å². The molecule has 0 radical (unpaired) electrons. The van der Waals surface area contributed by atoms with E-state index in [1.807, 2.05) is 0 Å². The Morgan fingerprint density at radius 2 is 1.57 bits per heavy atom. The molecule has 0 saturated heterocycles. The second-order valence-corrected chi connectivity index (χ2v) is 8.58. The van der Waals surface area contributed by atoms with Crippen LogP contribution in [0.4, 0.5) is 5.69 Å². The van der Waals surface area contributed by atoms with Crippen molar-refractivity contribution in [2.24, 2.45) is 23.7 Å². The number of methoxy groups -OCH3 is 3. The molecule has 0 aliphatic heterocycles. The number of anilines is 1. The smallest absolute Gasteiger partial charge is 0.228 e. The minimum absolute atomic E-state index is 0.0106. The Bertz CT molecular complexity index is 720. The van der Waals surface area contributed by atoms with Gasteiger partial charge in [0.05, 0.1) is 21.3 Å². The molecule has 1 saturated carbocycles. The van der Waals surface area contributed by atoms with E-state index >= 15 is 0 Å². The lowest BCUT2D eigenvalue weighted by atomic mass is 9.60. The highest BCUT2D eigenvalue weighted by atomic mass is 16.5. The van der Waals surface area contributed by atoms with Crippen LogP contribution in [0.25, 0.3) is 0 Å². The van der Waals surface area contributed by atoms with Crippen molar-refractivity contribution in [3.63, 3.8) is 0 Å². The van der Waals surface area contributed by atoms with E-state index < -0.39 is 0 Å². The minimum atomic E-state index is 0.0106. The first-order valence-electron chi connectivity index (χ1n) is 11.4. The first-order valence-corrected chi connectivity index (χ1v) is 11.4. The molecule has 1 aromatic rings. The van der Waals surface area contributed by atoms with Crippen LogP contribution in [0.2, 0.25) is 0 Å². The molecule has 4 rings (SSSR count). The van der Waals surface area contributed by atoms with Crippen molar-refractivity contribution in [3.05, 3.63) is 24.3 Å². The summed E-state index contributed by atoms with van der Waals surface area (Å²) in [4.78, 5) is 13.5. The Hall–Kier alpha value is -2.17.